The lowest BCUT2D eigenvalue weighted by atomic mass is 9.55. The molecule has 0 aromatic carbocycles. The average Bonchev–Trinajstić information content (AvgIpc) is 2.13. The van der Waals surface area contributed by atoms with Crippen LogP contribution in [0.1, 0.15) is 45.4 Å². The molecule has 0 unspecified atom stereocenters. The first kappa shape index (κ1) is 10.9. The minimum Gasteiger partial charge on any atom is -0.481 e. The lowest BCUT2D eigenvalue weighted by molar-refractivity contribution is -0.163. The van der Waals surface area contributed by atoms with Crippen LogP contribution in [0.2, 0.25) is 0 Å². The molecule has 0 saturated heterocycles. The summed E-state index contributed by atoms with van der Waals surface area (Å²) in [6, 6.07) is 0.125. The van der Waals surface area contributed by atoms with Crippen molar-refractivity contribution in [1.82, 2.24) is 0 Å². The van der Waals surface area contributed by atoms with Crippen LogP contribution in [0.4, 0.5) is 0 Å². The highest BCUT2D eigenvalue weighted by atomic mass is 16.4. The van der Waals surface area contributed by atoms with Gasteiger partial charge in [-0.1, -0.05) is 19.8 Å². The zero-order valence-electron chi connectivity index (χ0n) is 9.41. The number of carbonyl (C=O) groups is 1. The Bertz CT molecular complexity index is 250. The smallest absolute Gasteiger partial charge is 0.310 e. The maximum atomic E-state index is 11.4. The monoisotopic (exact) mass is 211 g/mol. The van der Waals surface area contributed by atoms with E-state index in [1.54, 1.807) is 0 Å². The predicted octanol–water partition coefficient (Wildman–Crippen LogP) is 2.00. The van der Waals surface area contributed by atoms with Crippen molar-refractivity contribution >= 4 is 5.97 Å². The molecule has 2 saturated carbocycles. The molecule has 3 N–H and O–H groups in total. The summed E-state index contributed by atoms with van der Waals surface area (Å²) >= 11 is 0. The van der Waals surface area contributed by atoms with E-state index >= 15 is 0 Å². The van der Waals surface area contributed by atoms with E-state index in [0.29, 0.717) is 18.8 Å². The van der Waals surface area contributed by atoms with Gasteiger partial charge in [-0.05, 0) is 37.5 Å². The van der Waals surface area contributed by atoms with Gasteiger partial charge in [0.25, 0.3) is 0 Å². The van der Waals surface area contributed by atoms with Crippen LogP contribution in [0.5, 0.6) is 0 Å². The Morgan fingerprint density at radius 3 is 2.20 bits per heavy atom. The second-order valence-electron chi connectivity index (χ2n) is 5.59. The highest BCUT2D eigenvalue weighted by molar-refractivity contribution is 5.76. The Morgan fingerprint density at radius 1 is 1.27 bits per heavy atom. The van der Waals surface area contributed by atoms with Gasteiger partial charge in [0.1, 0.15) is 0 Å². The summed E-state index contributed by atoms with van der Waals surface area (Å²) < 4.78 is 0. The van der Waals surface area contributed by atoms with Crippen molar-refractivity contribution in [3.05, 3.63) is 0 Å². The maximum Gasteiger partial charge on any atom is 0.310 e. The minimum absolute atomic E-state index is 0.125. The van der Waals surface area contributed by atoms with Gasteiger partial charge in [-0.15, -0.1) is 0 Å². The van der Waals surface area contributed by atoms with E-state index in [-0.39, 0.29) is 6.04 Å². The number of carboxylic acid groups (broad SMARTS) is 1. The molecule has 86 valence electrons. The number of nitrogens with two attached hydrogens (primary N) is 1. The van der Waals surface area contributed by atoms with Crippen LogP contribution in [0.25, 0.3) is 0 Å². The van der Waals surface area contributed by atoms with E-state index in [4.69, 9.17) is 5.73 Å². The Morgan fingerprint density at radius 2 is 1.80 bits per heavy atom. The van der Waals surface area contributed by atoms with Gasteiger partial charge in [0.2, 0.25) is 0 Å². The number of hydrogen-bond donors (Lipinski definition) is 2. The molecule has 2 rings (SSSR count). The Kier molecular flexibility index (Phi) is 2.75. The van der Waals surface area contributed by atoms with Crippen LogP contribution < -0.4 is 5.73 Å². The summed E-state index contributed by atoms with van der Waals surface area (Å²) in [6.45, 7) is 2.26. The Hall–Kier alpha value is -0.570. The van der Waals surface area contributed by atoms with Gasteiger partial charge in [-0.25, -0.2) is 0 Å². The molecular formula is C12H21NO2. The predicted molar refractivity (Wildman–Crippen MR) is 58.4 cm³/mol. The van der Waals surface area contributed by atoms with Crippen LogP contribution in [0.3, 0.4) is 0 Å². The first-order valence-electron chi connectivity index (χ1n) is 6.03. The lowest BCUT2D eigenvalue weighted by Gasteiger charge is -2.49. The summed E-state index contributed by atoms with van der Waals surface area (Å²) in [4.78, 5) is 11.4. The molecule has 2 aliphatic carbocycles. The minimum atomic E-state index is -0.608. The highest BCUT2D eigenvalue weighted by Crippen LogP contribution is 2.52. The van der Waals surface area contributed by atoms with Crippen molar-refractivity contribution < 1.29 is 9.90 Å². The molecule has 0 radical (unpaired) electrons. The molecule has 0 aromatic heterocycles. The van der Waals surface area contributed by atoms with Gasteiger partial charge in [-0.2, -0.15) is 0 Å². The van der Waals surface area contributed by atoms with Crippen molar-refractivity contribution in [2.45, 2.75) is 51.5 Å². The van der Waals surface area contributed by atoms with Crippen molar-refractivity contribution in [2.75, 3.05) is 0 Å². The van der Waals surface area contributed by atoms with E-state index < -0.39 is 11.4 Å². The first-order chi connectivity index (χ1) is 7.04. The SMILES string of the molecule is CC1CCC(C2(C(=O)O)CC(N)C2)CC1. The van der Waals surface area contributed by atoms with E-state index in [0.717, 1.165) is 18.8 Å². The second-order valence-corrected chi connectivity index (χ2v) is 5.59. The third-order valence-electron chi connectivity index (χ3n) is 4.48. The van der Waals surface area contributed by atoms with E-state index in [2.05, 4.69) is 6.92 Å². The number of aliphatic carboxylic acids is 1. The normalized spacial score (nSPS) is 45.9. The van der Waals surface area contributed by atoms with Crippen LogP contribution in [-0.2, 0) is 4.79 Å². The Labute approximate surface area is 91.0 Å². The molecule has 3 nitrogen and oxygen atoms in total. The molecule has 2 fully saturated rings. The fraction of sp³-hybridized carbons (Fsp3) is 0.917. The summed E-state index contributed by atoms with van der Waals surface area (Å²) in [6.07, 6.45) is 5.94. The largest absolute Gasteiger partial charge is 0.481 e. The van der Waals surface area contributed by atoms with Gasteiger partial charge in [0.15, 0.2) is 0 Å². The van der Waals surface area contributed by atoms with Crippen LogP contribution >= 0.6 is 0 Å². The Balaban J connectivity index is 2.04. The second kappa shape index (κ2) is 3.78. The molecular weight excluding hydrogens is 190 g/mol. The molecule has 0 heterocycles. The molecule has 0 aliphatic heterocycles. The fourth-order valence-corrected chi connectivity index (χ4v) is 3.37. The zero-order valence-corrected chi connectivity index (χ0v) is 9.41. The van der Waals surface area contributed by atoms with Crippen LogP contribution in [0.15, 0.2) is 0 Å². The molecule has 3 heteroatoms. The number of rotatable bonds is 2. The maximum absolute atomic E-state index is 11.4. The molecule has 0 bridgehead atoms. The first-order valence-corrected chi connectivity index (χ1v) is 6.03. The van der Waals surface area contributed by atoms with Crippen molar-refractivity contribution in [2.24, 2.45) is 23.0 Å². The van der Waals surface area contributed by atoms with Crippen LogP contribution in [0, 0.1) is 17.3 Å². The van der Waals surface area contributed by atoms with Gasteiger partial charge < -0.3 is 10.8 Å². The lowest BCUT2D eigenvalue weighted by Crippen LogP contribution is -2.55. The highest BCUT2D eigenvalue weighted by Gasteiger charge is 2.54. The third-order valence-corrected chi connectivity index (χ3v) is 4.48. The van der Waals surface area contributed by atoms with Crippen molar-refractivity contribution in [1.29, 1.82) is 0 Å². The van der Waals surface area contributed by atoms with Crippen molar-refractivity contribution in [3.8, 4) is 0 Å². The number of hydrogen-bond acceptors (Lipinski definition) is 2. The summed E-state index contributed by atoms with van der Waals surface area (Å²) in [5, 5.41) is 9.36. The van der Waals surface area contributed by atoms with E-state index in [1.807, 2.05) is 0 Å². The standard InChI is InChI=1S/C12H21NO2/c1-8-2-4-9(5-3-8)12(11(14)15)6-10(13)7-12/h8-10H,2-7,13H2,1H3,(H,14,15). The van der Waals surface area contributed by atoms with Gasteiger partial charge in [-0.3, -0.25) is 4.79 Å². The topological polar surface area (TPSA) is 63.3 Å². The summed E-state index contributed by atoms with van der Waals surface area (Å²) in [5.41, 5.74) is 5.30. The van der Waals surface area contributed by atoms with Crippen LogP contribution in [-0.4, -0.2) is 17.1 Å². The summed E-state index contributed by atoms with van der Waals surface area (Å²) in [5.74, 6) is 0.551. The fourth-order valence-electron chi connectivity index (χ4n) is 3.37. The average molecular weight is 211 g/mol. The third kappa shape index (κ3) is 1.78. The summed E-state index contributed by atoms with van der Waals surface area (Å²) in [7, 11) is 0. The molecule has 2 aliphatic rings. The van der Waals surface area contributed by atoms with Gasteiger partial charge in [0, 0.05) is 6.04 Å². The zero-order chi connectivity index (χ0) is 11.1. The number of carboxylic acids is 1. The molecule has 0 atom stereocenters. The molecule has 15 heavy (non-hydrogen) atoms. The molecule has 0 amide bonds. The van der Waals surface area contributed by atoms with E-state index in [9.17, 15) is 9.90 Å². The van der Waals surface area contributed by atoms with Gasteiger partial charge in [0.05, 0.1) is 5.41 Å². The molecule has 0 aromatic rings. The molecule has 0 spiro atoms. The van der Waals surface area contributed by atoms with E-state index in [1.165, 1.54) is 12.8 Å². The van der Waals surface area contributed by atoms with Crippen molar-refractivity contribution in [3.63, 3.8) is 0 Å². The quantitative estimate of drug-likeness (QED) is 0.734. The van der Waals surface area contributed by atoms with Gasteiger partial charge >= 0.3 is 5.97 Å².